The third-order valence-electron chi connectivity index (χ3n) is 3.13. The molecule has 2 N–H and O–H groups in total. The Morgan fingerprint density at radius 2 is 2.00 bits per heavy atom. The number of rotatable bonds is 9. The lowest BCUT2D eigenvalue weighted by atomic mass is 10.2. The fourth-order valence-electron chi connectivity index (χ4n) is 1.88. The third kappa shape index (κ3) is 6.89. The lowest BCUT2D eigenvalue weighted by molar-refractivity contribution is -0.384. The van der Waals surface area contributed by atoms with Crippen molar-refractivity contribution in [3.63, 3.8) is 0 Å². The molecule has 0 aliphatic carbocycles. The average molecular weight is 424 g/mol. The van der Waals surface area contributed by atoms with E-state index in [9.17, 15) is 19.7 Å². The first kappa shape index (κ1) is 21.2. The van der Waals surface area contributed by atoms with Gasteiger partial charge in [-0.15, -0.1) is 11.8 Å². The molecule has 146 valence electrons. The first-order chi connectivity index (χ1) is 13.3. The van der Waals surface area contributed by atoms with Gasteiger partial charge in [-0.1, -0.05) is 11.6 Å². The molecule has 0 atom stereocenters. The zero-order chi connectivity index (χ0) is 20.5. The molecule has 0 saturated carbocycles. The quantitative estimate of drug-likeness (QED) is 0.274. The van der Waals surface area contributed by atoms with E-state index in [0.29, 0.717) is 10.5 Å². The Morgan fingerprint density at radius 3 is 2.61 bits per heavy atom. The van der Waals surface area contributed by atoms with E-state index < -0.39 is 17.5 Å². The number of halogens is 1. The molecule has 28 heavy (non-hydrogen) atoms. The Labute approximate surface area is 168 Å². The summed E-state index contributed by atoms with van der Waals surface area (Å²) in [5, 5.41) is 23.2. The largest absolute Gasteiger partial charge is 0.480 e. The molecular weight excluding hydrogens is 410 g/mol. The number of nitro benzene ring substituents is 1. The van der Waals surface area contributed by atoms with Crippen LogP contribution >= 0.6 is 23.4 Å². The van der Waals surface area contributed by atoms with Gasteiger partial charge in [0.05, 0.1) is 21.9 Å². The molecule has 9 nitrogen and oxygen atoms in total. The molecule has 0 fully saturated rings. The first-order valence-corrected chi connectivity index (χ1v) is 9.05. The van der Waals surface area contributed by atoms with E-state index in [1.807, 2.05) is 0 Å². The van der Waals surface area contributed by atoms with Gasteiger partial charge in [-0.3, -0.25) is 14.9 Å². The van der Waals surface area contributed by atoms with Gasteiger partial charge in [-0.05, 0) is 35.9 Å². The molecule has 1 amide bonds. The first-order valence-electron chi connectivity index (χ1n) is 7.68. The number of carboxylic acids is 1. The lowest BCUT2D eigenvalue weighted by Crippen LogP contribution is -2.19. The number of non-ortho nitro benzene ring substituents is 1. The fraction of sp³-hybridized carbons (Fsp3) is 0.118. The van der Waals surface area contributed by atoms with Crippen molar-refractivity contribution in [2.24, 2.45) is 5.10 Å². The summed E-state index contributed by atoms with van der Waals surface area (Å²) >= 11 is 7.20. The van der Waals surface area contributed by atoms with Crippen LogP contribution in [0.1, 0.15) is 5.56 Å². The molecule has 0 bridgehead atoms. The van der Waals surface area contributed by atoms with Gasteiger partial charge in [0.25, 0.3) is 5.69 Å². The Hall–Kier alpha value is -3.11. The number of hydrogen-bond acceptors (Lipinski definition) is 7. The maximum atomic E-state index is 11.8. The van der Waals surface area contributed by atoms with Gasteiger partial charge in [0.15, 0.2) is 6.61 Å². The van der Waals surface area contributed by atoms with Crippen LogP contribution in [0.5, 0.6) is 5.75 Å². The van der Waals surface area contributed by atoms with Crippen molar-refractivity contribution in [1.82, 2.24) is 5.43 Å². The molecule has 2 rings (SSSR count). The average Bonchev–Trinajstić information content (AvgIpc) is 2.66. The summed E-state index contributed by atoms with van der Waals surface area (Å²) in [5.41, 5.74) is 2.92. The van der Waals surface area contributed by atoms with Crippen LogP contribution in [0.3, 0.4) is 0 Å². The van der Waals surface area contributed by atoms with Gasteiger partial charge in [0.1, 0.15) is 5.75 Å². The fourth-order valence-corrected chi connectivity index (χ4v) is 2.81. The SMILES string of the molecule is O=C(O)COc1ccc(/C=N/NC(=O)CSc2ccc([N+](=O)[O-])cc2)cc1Cl. The zero-order valence-electron chi connectivity index (χ0n) is 14.2. The molecule has 2 aromatic rings. The van der Waals surface area contributed by atoms with Crippen LogP contribution in [0.4, 0.5) is 5.69 Å². The standard InChI is InChI=1S/C17H14ClN3O6S/c18-14-7-11(1-6-15(14)27-9-17(23)24)8-19-20-16(22)10-28-13-4-2-12(3-5-13)21(25)26/h1-8H,9-10H2,(H,20,22)(H,23,24)/b19-8+. The van der Waals surface area contributed by atoms with E-state index >= 15 is 0 Å². The number of nitro groups is 1. The summed E-state index contributed by atoms with van der Waals surface area (Å²) in [4.78, 5) is 33.1. The number of carboxylic acid groups (broad SMARTS) is 1. The van der Waals surface area contributed by atoms with Crippen LogP contribution in [-0.2, 0) is 9.59 Å². The van der Waals surface area contributed by atoms with Crippen molar-refractivity contribution in [3.8, 4) is 5.75 Å². The van der Waals surface area contributed by atoms with Crippen molar-refractivity contribution in [2.75, 3.05) is 12.4 Å². The summed E-state index contributed by atoms with van der Waals surface area (Å²) in [6, 6.07) is 10.5. The molecule has 0 spiro atoms. The number of carbonyl (C=O) groups excluding carboxylic acids is 1. The highest BCUT2D eigenvalue weighted by molar-refractivity contribution is 8.00. The van der Waals surface area contributed by atoms with E-state index in [1.165, 1.54) is 42.2 Å². The summed E-state index contributed by atoms with van der Waals surface area (Å²) in [7, 11) is 0. The number of benzene rings is 2. The predicted molar refractivity (Wildman–Crippen MR) is 104 cm³/mol. The zero-order valence-corrected chi connectivity index (χ0v) is 15.8. The topological polar surface area (TPSA) is 131 Å². The monoisotopic (exact) mass is 423 g/mol. The maximum Gasteiger partial charge on any atom is 0.341 e. The second-order valence-corrected chi connectivity index (χ2v) is 6.66. The van der Waals surface area contributed by atoms with Gasteiger partial charge in [-0.25, -0.2) is 10.2 Å². The van der Waals surface area contributed by atoms with Gasteiger partial charge in [-0.2, -0.15) is 5.10 Å². The van der Waals surface area contributed by atoms with Crippen molar-refractivity contribution in [3.05, 3.63) is 63.2 Å². The van der Waals surface area contributed by atoms with E-state index in [-0.39, 0.29) is 28.1 Å². The molecule has 0 heterocycles. The number of aliphatic carboxylic acids is 1. The molecule has 0 unspecified atom stereocenters. The maximum absolute atomic E-state index is 11.8. The second kappa shape index (κ2) is 10.3. The Balaban J connectivity index is 1.81. The van der Waals surface area contributed by atoms with E-state index in [2.05, 4.69) is 10.5 Å². The predicted octanol–water partition coefficient (Wildman–Crippen LogP) is 2.95. The minimum Gasteiger partial charge on any atom is -0.480 e. The summed E-state index contributed by atoms with van der Waals surface area (Å²) in [6.45, 7) is -0.504. The smallest absolute Gasteiger partial charge is 0.341 e. The Morgan fingerprint density at radius 1 is 1.29 bits per heavy atom. The van der Waals surface area contributed by atoms with E-state index in [4.69, 9.17) is 21.4 Å². The van der Waals surface area contributed by atoms with Crippen LogP contribution < -0.4 is 10.2 Å². The normalized spacial score (nSPS) is 10.6. The Kier molecular flexibility index (Phi) is 7.78. The van der Waals surface area contributed by atoms with Crippen LogP contribution in [-0.4, -0.2) is 40.5 Å². The van der Waals surface area contributed by atoms with E-state index in [0.717, 1.165) is 0 Å². The highest BCUT2D eigenvalue weighted by Crippen LogP contribution is 2.25. The van der Waals surface area contributed by atoms with Crippen LogP contribution in [0, 0.1) is 10.1 Å². The highest BCUT2D eigenvalue weighted by atomic mass is 35.5. The number of hydrogen-bond donors (Lipinski definition) is 2. The molecular formula is C17H14ClN3O6S. The van der Waals surface area contributed by atoms with Gasteiger partial charge in [0.2, 0.25) is 5.91 Å². The third-order valence-corrected chi connectivity index (χ3v) is 4.43. The van der Waals surface area contributed by atoms with Crippen LogP contribution in [0.2, 0.25) is 5.02 Å². The summed E-state index contributed by atoms with van der Waals surface area (Å²) in [5.74, 6) is -1.16. The lowest BCUT2D eigenvalue weighted by Gasteiger charge is -2.06. The number of hydrazone groups is 1. The molecule has 0 aromatic heterocycles. The number of ether oxygens (including phenoxy) is 1. The summed E-state index contributed by atoms with van der Waals surface area (Å²) in [6.07, 6.45) is 1.38. The van der Waals surface area contributed by atoms with E-state index in [1.54, 1.807) is 18.2 Å². The minimum atomic E-state index is -1.11. The van der Waals surface area contributed by atoms with Crippen molar-refractivity contribution >= 4 is 47.1 Å². The summed E-state index contributed by atoms with van der Waals surface area (Å²) < 4.78 is 5.00. The van der Waals surface area contributed by atoms with Crippen LogP contribution in [0.25, 0.3) is 0 Å². The highest BCUT2D eigenvalue weighted by Gasteiger charge is 2.07. The van der Waals surface area contributed by atoms with Crippen molar-refractivity contribution in [2.45, 2.75) is 4.90 Å². The molecule has 0 aliphatic heterocycles. The van der Waals surface area contributed by atoms with Gasteiger partial charge in [0, 0.05) is 17.0 Å². The number of nitrogens with zero attached hydrogens (tertiary/aromatic N) is 2. The van der Waals surface area contributed by atoms with Gasteiger partial charge < -0.3 is 9.84 Å². The number of amides is 1. The van der Waals surface area contributed by atoms with Crippen LogP contribution in [0.15, 0.2) is 52.5 Å². The van der Waals surface area contributed by atoms with Gasteiger partial charge >= 0.3 is 5.97 Å². The number of thioether (sulfide) groups is 1. The number of carbonyl (C=O) groups is 2. The Bertz CT molecular complexity index is 904. The minimum absolute atomic E-state index is 0.0172. The molecule has 0 radical (unpaired) electrons. The molecule has 0 aliphatic rings. The molecule has 2 aromatic carbocycles. The molecule has 11 heteroatoms. The number of nitrogens with one attached hydrogen (secondary N) is 1. The van der Waals surface area contributed by atoms with Crippen molar-refractivity contribution in [1.29, 1.82) is 0 Å². The second-order valence-electron chi connectivity index (χ2n) is 5.21. The van der Waals surface area contributed by atoms with Crippen molar-refractivity contribution < 1.29 is 24.4 Å². The molecule has 0 saturated heterocycles.